The number of hydrogen-bond acceptors (Lipinski definition) is 1. The van der Waals surface area contributed by atoms with Crippen molar-refractivity contribution in [2.24, 2.45) is 0 Å². The number of ether oxygens (including phenoxy) is 1. The van der Waals surface area contributed by atoms with E-state index in [-0.39, 0.29) is 0 Å². The van der Waals surface area contributed by atoms with E-state index < -0.39 is 47.2 Å². The highest BCUT2D eigenvalue weighted by molar-refractivity contribution is 5.30. The van der Waals surface area contributed by atoms with E-state index in [2.05, 4.69) is 4.74 Å². The molecular formula is C8HF7O. The lowest BCUT2D eigenvalue weighted by Crippen LogP contribution is -2.05. The molecular weight excluding hydrogens is 245 g/mol. The summed E-state index contributed by atoms with van der Waals surface area (Å²) in [5.74, 6) is -13.8. The van der Waals surface area contributed by atoms with E-state index in [0.717, 1.165) is 0 Å². The first-order valence-corrected chi connectivity index (χ1v) is 3.55. The molecule has 16 heavy (non-hydrogen) atoms. The summed E-state index contributed by atoms with van der Waals surface area (Å²) in [5.41, 5.74) is 0. The molecule has 0 saturated heterocycles. The van der Waals surface area contributed by atoms with Crippen LogP contribution in [0.5, 0.6) is 5.75 Å². The summed E-state index contributed by atoms with van der Waals surface area (Å²) in [6.45, 7) is 0. The van der Waals surface area contributed by atoms with Crippen LogP contribution in [-0.2, 0) is 0 Å². The predicted octanol–water partition coefficient (Wildman–Crippen LogP) is 3.50. The number of halogens is 7. The molecule has 1 aromatic rings. The molecule has 0 aromatic heterocycles. The summed E-state index contributed by atoms with van der Waals surface area (Å²) in [6, 6.07) is -2.15. The molecule has 1 aromatic carbocycles. The van der Waals surface area contributed by atoms with Crippen LogP contribution < -0.4 is 4.74 Å². The van der Waals surface area contributed by atoms with Gasteiger partial charge in [-0.05, 0) is 0 Å². The third-order valence-corrected chi connectivity index (χ3v) is 1.45. The molecule has 0 fully saturated rings. The predicted molar refractivity (Wildman–Crippen MR) is 37.2 cm³/mol. The van der Waals surface area contributed by atoms with E-state index in [0.29, 0.717) is 0 Å². The summed E-state index contributed by atoms with van der Waals surface area (Å²) in [4.78, 5) is 0. The summed E-state index contributed by atoms with van der Waals surface area (Å²) in [5, 5.41) is 0. The lowest BCUT2D eigenvalue weighted by Gasteiger charge is -2.07. The molecule has 1 rings (SSSR count). The van der Waals surface area contributed by atoms with Crippen LogP contribution in [0.3, 0.4) is 0 Å². The van der Waals surface area contributed by atoms with Gasteiger partial charge in [0.15, 0.2) is 6.33 Å². The van der Waals surface area contributed by atoms with Crippen molar-refractivity contribution in [3.8, 4) is 5.75 Å². The van der Waals surface area contributed by atoms with Gasteiger partial charge in [0.2, 0.25) is 34.8 Å². The van der Waals surface area contributed by atoms with Crippen molar-refractivity contribution >= 4 is 0 Å². The fourth-order valence-corrected chi connectivity index (χ4v) is 0.794. The molecule has 0 bridgehead atoms. The van der Waals surface area contributed by atoms with Crippen LogP contribution in [0.15, 0.2) is 12.3 Å². The lowest BCUT2D eigenvalue weighted by molar-refractivity contribution is 0.250. The fourth-order valence-electron chi connectivity index (χ4n) is 0.794. The van der Waals surface area contributed by atoms with Crippen LogP contribution in [0, 0.1) is 29.1 Å². The Morgan fingerprint density at radius 1 is 0.812 bits per heavy atom. The van der Waals surface area contributed by atoms with Crippen molar-refractivity contribution in [3.05, 3.63) is 41.4 Å². The lowest BCUT2D eigenvalue weighted by atomic mass is 10.2. The monoisotopic (exact) mass is 246 g/mol. The van der Waals surface area contributed by atoms with Gasteiger partial charge < -0.3 is 4.74 Å². The van der Waals surface area contributed by atoms with Crippen molar-refractivity contribution in [1.29, 1.82) is 0 Å². The van der Waals surface area contributed by atoms with E-state index in [1.807, 2.05) is 0 Å². The van der Waals surface area contributed by atoms with Crippen LogP contribution in [0.2, 0.25) is 0 Å². The molecule has 88 valence electrons. The van der Waals surface area contributed by atoms with Crippen LogP contribution in [0.4, 0.5) is 30.7 Å². The zero-order valence-corrected chi connectivity index (χ0v) is 7.13. The number of rotatable bonds is 2. The Morgan fingerprint density at radius 2 is 1.19 bits per heavy atom. The minimum atomic E-state index is -2.42. The van der Waals surface area contributed by atoms with Gasteiger partial charge >= 0.3 is 6.01 Å². The number of hydrogen-bond donors (Lipinski definition) is 0. The van der Waals surface area contributed by atoms with Gasteiger partial charge in [-0.3, -0.25) is 0 Å². The van der Waals surface area contributed by atoms with E-state index in [4.69, 9.17) is 0 Å². The molecule has 0 amide bonds. The Hall–Kier alpha value is -1.73. The average molecular weight is 246 g/mol. The Kier molecular flexibility index (Phi) is 3.41. The molecule has 0 unspecified atom stereocenters. The van der Waals surface area contributed by atoms with E-state index in [9.17, 15) is 30.7 Å². The largest absolute Gasteiger partial charge is 0.423 e. The van der Waals surface area contributed by atoms with Crippen LogP contribution in [-0.4, -0.2) is 0 Å². The van der Waals surface area contributed by atoms with Crippen molar-refractivity contribution in [2.45, 2.75) is 0 Å². The topological polar surface area (TPSA) is 9.23 Å². The normalized spacial score (nSPS) is 11.8. The van der Waals surface area contributed by atoms with Gasteiger partial charge in [0.1, 0.15) is 0 Å². The second kappa shape index (κ2) is 4.42. The second-order valence-corrected chi connectivity index (χ2v) is 2.41. The molecule has 0 atom stereocenters. The van der Waals surface area contributed by atoms with Crippen LogP contribution in [0.25, 0.3) is 0 Å². The maximum atomic E-state index is 12.7. The maximum Gasteiger partial charge on any atom is 0.307 e. The quantitative estimate of drug-likeness (QED) is 0.336. The molecule has 0 aliphatic rings. The van der Waals surface area contributed by atoms with Crippen molar-refractivity contribution < 1.29 is 35.5 Å². The standard InChI is InChI=1S/C8HF7O/c9-1-2(10)16-8-6(14)4(12)3(11)5(13)7(8)15/h1H. The Morgan fingerprint density at radius 3 is 1.56 bits per heavy atom. The molecule has 0 radical (unpaired) electrons. The van der Waals surface area contributed by atoms with Gasteiger partial charge in [0.25, 0.3) is 0 Å². The van der Waals surface area contributed by atoms with Gasteiger partial charge in [-0.2, -0.15) is 13.2 Å². The van der Waals surface area contributed by atoms with E-state index >= 15 is 0 Å². The Balaban J connectivity index is 3.40. The highest BCUT2D eigenvalue weighted by Gasteiger charge is 2.27. The Bertz CT molecular complexity index is 425. The summed E-state index contributed by atoms with van der Waals surface area (Å²) < 4.78 is 89.9. The SMILES string of the molecule is FC=C(F)Oc1c(F)c(F)c(F)c(F)c1F. The van der Waals surface area contributed by atoms with Crippen molar-refractivity contribution in [2.75, 3.05) is 0 Å². The highest BCUT2D eigenvalue weighted by Crippen LogP contribution is 2.30. The first-order chi connectivity index (χ1) is 7.40. The second-order valence-electron chi connectivity index (χ2n) is 2.41. The molecule has 0 aliphatic carbocycles. The highest BCUT2D eigenvalue weighted by atomic mass is 19.2. The van der Waals surface area contributed by atoms with Gasteiger partial charge in [0.05, 0.1) is 0 Å². The third kappa shape index (κ3) is 1.95. The van der Waals surface area contributed by atoms with Gasteiger partial charge in [-0.1, -0.05) is 0 Å². The average Bonchev–Trinajstić information content (AvgIpc) is 2.29. The summed E-state index contributed by atoms with van der Waals surface area (Å²) >= 11 is 0. The molecule has 0 N–H and O–H groups in total. The first kappa shape index (κ1) is 12.3. The minimum Gasteiger partial charge on any atom is -0.423 e. The van der Waals surface area contributed by atoms with Crippen LogP contribution >= 0.6 is 0 Å². The van der Waals surface area contributed by atoms with Crippen molar-refractivity contribution in [1.82, 2.24) is 0 Å². The summed E-state index contributed by atoms with van der Waals surface area (Å²) in [7, 11) is 0. The minimum absolute atomic E-state index is 0.849. The Labute approximate surface area is 83.7 Å². The van der Waals surface area contributed by atoms with Gasteiger partial charge in [-0.25, -0.2) is 17.6 Å². The molecule has 8 heteroatoms. The smallest absolute Gasteiger partial charge is 0.307 e. The molecule has 1 nitrogen and oxygen atoms in total. The van der Waals surface area contributed by atoms with Gasteiger partial charge in [-0.15, -0.1) is 0 Å². The zero-order valence-electron chi connectivity index (χ0n) is 7.13. The fraction of sp³-hybridized carbons (Fsp3) is 0. The van der Waals surface area contributed by atoms with Gasteiger partial charge in [0, 0.05) is 0 Å². The van der Waals surface area contributed by atoms with Crippen LogP contribution in [0.1, 0.15) is 0 Å². The maximum absolute atomic E-state index is 12.7. The zero-order chi connectivity index (χ0) is 12.5. The van der Waals surface area contributed by atoms with Crippen molar-refractivity contribution in [3.63, 3.8) is 0 Å². The molecule has 0 spiro atoms. The first-order valence-electron chi connectivity index (χ1n) is 3.55. The molecule has 0 aliphatic heterocycles. The number of benzene rings is 1. The molecule has 0 heterocycles. The van der Waals surface area contributed by atoms with E-state index in [1.54, 1.807) is 0 Å². The third-order valence-electron chi connectivity index (χ3n) is 1.45. The summed E-state index contributed by atoms with van der Waals surface area (Å²) in [6.07, 6.45) is -0.849. The molecule has 0 saturated carbocycles. The van der Waals surface area contributed by atoms with E-state index in [1.165, 1.54) is 0 Å².